The van der Waals surface area contributed by atoms with E-state index in [-0.39, 0.29) is 23.4 Å². The molecule has 1 heterocycles. The average molecular weight is 299 g/mol. The molecule has 2 rings (SSSR count). The molecule has 0 aliphatic heterocycles. The first-order chi connectivity index (χ1) is 9.89. The van der Waals surface area contributed by atoms with Crippen LogP contribution in [0, 0.1) is 0 Å². The molecule has 4 nitrogen and oxygen atoms in total. The van der Waals surface area contributed by atoms with Crippen LogP contribution in [0.15, 0.2) is 24.3 Å². The number of hydrogen-bond acceptors (Lipinski definition) is 3. The molecular formula is C14H12F3NO3. The Bertz CT molecular complexity index is 689. The Kier molecular flexibility index (Phi) is 4.02. The summed E-state index contributed by atoms with van der Waals surface area (Å²) in [5.41, 5.74) is -0.293. The molecule has 2 aromatic rings. The molecule has 0 spiro atoms. The van der Waals surface area contributed by atoms with Crippen molar-refractivity contribution in [3.63, 3.8) is 0 Å². The lowest BCUT2D eigenvalue weighted by Gasteiger charge is -2.12. The van der Waals surface area contributed by atoms with Gasteiger partial charge in [0.05, 0.1) is 12.2 Å². The number of hydrogen-bond donors (Lipinski definition) is 0. The maximum Gasteiger partial charge on any atom is 0.406 e. The van der Waals surface area contributed by atoms with Crippen molar-refractivity contribution < 1.29 is 27.5 Å². The topological polar surface area (TPSA) is 48.3 Å². The molecular weight excluding hydrogens is 287 g/mol. The number of ether oxygens (including phenoxy) is 1. The van der Waals surface area contributed by atoms with Crippen molar-refractivity contribution in [3.8, 4) is 0 Å². The number of esters is 1. The van der Waals surface area contributed by atoms with E-state index >= 15 is 0 Å². The van der Waals surface area contributed by atoms with E-state index in [1.165, 1.54) is 19.1 Å². The summed E-state index contributed by atoms with van der Waals surface area (Å²) in [5, 5.41) is 0.291. The molecule has 21 heavy (non-hydrogen) atoms. The van der Waals surface area contributed by atoms with Crippen molar-refractivity contribution in [2.45, 2.75) is 19.6 Å². The monoisotopic (exact) mass is 299 g/mol. The molecule has 1 aromatic carbocycles. The van der Waals surface area contributed by atoms with Crippen LogP contribution in [0.1, 0.15) is 27.8 Å². The number of alkyl halides is 3. The van der Waals surface area contributed by atoms with Gasteiger partial charge in [-0.15, -0.1) is 0 Å². The molecule has 0 bridgehead atoms. The van der Waals surface area contributed by atoms with Gasteiger partial charge in [0.15, 0.2) is 6.29 Å². The quantitative estimate of drug-likeness (QED) is 0.643. The van der Waals surface area contributed by atoms with Gasteiger partial charge in [0.2, 0.25) is 0 Å². The molecule has 0 atom stereocenters. The fourth-order valence-electron chi connectivity index (χ4n) is 2.21. The predicted octanol–water partition coefficient (Wildman–Crippen LogP) is 3.19. The summed E-state index contributed by atoms with van der Waals surface area (Å²) in [7, 11) is 0. The van der Waals surface area contributed by atoms with Gasteiger partial charge in [-0.2, -0.15) is 13.2 Å². The fourth-order valence-corrected chi connectivity index (χ4v) is 2.21. The van der Waals surface area contributed by atoms with Crippen LogP contribution in [-0.2, 0) is 11.3 Å². The van der Waals surface area contributed by atoms with Crippen LogP contribution < -0.4 is 0 Å². The number of para-hydroxylation sites is 1. The third-order valence-electron chi connectivity index (χ3n) is 2.93. The zero-order chi connectivity index (χ0) is 15.6. The third kappa shape index (κ3) is 2.91. The molecule has 1 aromatic heterocycles. The van der Waals surface area contributed by atoms with Crippen LogP contribution in [-0.4, -0.2) is 29.6 Å². The van der Waals surface area contributed by atoms with E-state index in [2.05, 4.69) is 0 Å². The summed E-state index contributed by atoms with van der Waals surface area (Å²) in [5.74, 6) is -0.944. The highest BCUT2D eigenvalue weighted by molar-refractivity contribution is 6.08. The minimum absolute atomic E-state index is 0.00464. The van der Waals surface area contributed by atoms with Crippen LogP contribution >= 0.6 is 0 Å². The molecule has 0 aliphatic carbocycles. The number of halogens is 3. The zero-order valence-electron chi connectivity index (χ0n) is 11.1. The number of nitrogens with zero attached hydrogens (tertiary/aromatic N) is 1. The molecule has 0 N–H and O–H groups in total. The van der Waals surface area contributed by atoms with E-state index in [0.717, 1.165) is 4.57 Å². The Morgan fingerprint density at radius 3 is 2.57 bits per heavy atom. The second kappa shape index (κ2) is 5.59. The number of rotatable bonds is 4. The predicted molar refractivity (Wildman–Crippen MR) is 69.3 cm³/mol. The standard InChI is InChI=1S/C14H12F3NO3/c1-2-21-13(20)12-10(7-19)9-5-3-4-6-11(9)18(12)8-14(15,16)17/h3-7H,2,8H2,1H3. The summed E-state index contributed by atoms with van der Waals surface area (Å²) < 4.78 is 43.8. The third-order valence-corrected chi connectivity index (χ3v) is 2.93. The lowest BCUT2D eigenvalue weighted by atomic mass is 10.1. The van der Waals surface area contributed by atoms with Crippen LogP contribution in [0.5, 0.6) is 0 Å². The van der Waals surface area contributed by atoms with Gasteiger partial charge < -0.3 is 9.30 Å². The summed E-state index contributed by atoms with van der Waals surface area (Å²) >= 11 is 0. The Balaban J connectivity index is 2.75. The molecule has 0 unspecified atom stereocenters. The zero-order valence-corrected chi connectivity index (χ0v) is 11.1. The molecule has 0 aliphatic rings. The van der Waals surface area contributed by atoms with Gasteiger partial charge in [-0.25, -0.2) is 4.79 Å². The first-order valence-electron chi connectivity index (χ1n) is 6.19. The van der Waals surface area contributed by atoms with E-state index in [4.69, 9.17) is 4.74 Å². The van der Waals surface area contributed by atoms with Crippen molar-refractivity contribution in [1.82, 2.24) is 4.57 Å². The SMILES string of the molecule is CCOC(=O)c1c(C=O)c2ccccc2n1CC(F)(F)F. The molecule has 112 valence electrons. The molecule has 0 saturated carbocycles. The first kappa shape index (κ1) is 15.1. The number of carbonyl (C=O) groups is 2. The van der Waals surface area contributed by atoms with Gasteiger partial charge >= 0.3 is 12.1 Å². The first-order valence-corrected chi connectivity index (χ1v) is 6.19. The average Bonchev–Trinajstić information content (AvgIpc) is 2.71. The van der Waals surface area contributed by atoms with Crippen molar-refractivity contribution in [1.29, 1.82) is 0 Å². The molecule has 0 fully saturated rings. The Morgan fingerprint density at radius 2 is 2.00 bits per heavy atom. The smallest absolute Gasteiger partial charge is 0.406 e. The van der Waals surface area contributed by atoms with E-state index in [9.17, 15) is 22.8 Å². The van der Waals surface area contributed by atoms with Crippen LogP contribution in [0.4, 0.5) is 13.2 Å². The van der Waals surface area contributed by atoms with Gasteiger partial charge in [-0.05, 0) is 13.0 Å². The fraction of sp³-hybridized carbons (Fsp3) is 0.286. The summed E-state index contributed by atoms with van der Waals surface area (Å²) in [6.07, 6.45) is -4.15. The summed E-state index contributed by atoms with van der Waals surface area (Å²) in [6.45, 7) is 0.176. The van der Waals surface area contributed by atoms with Crippen LogP contribution in [0.2, 0.25) is 0 Å². The van der Waals surface area contributed by atoms with Gasteiger partial charge in [0, 0.05) is 10.9 Å². The molecule has 7 heteroatoms. The highest BCUT2D eigenvalue weighted by Crippen LogP contribution is 2.29. The molecule has 0 amide bonds. The van der Waals surface area contributed by atoms with Crippen molar-refractivity contribution >= 4 is 23.2 Å². The normalized spacial score (nSPS) is 11.6. The van der Waals surface area contributed by atoms with Crippen LogP contribution in [0.25, 0.3) is 10.9 Å². The Labute approximate surface area is 118 Å². The van der Waals surface area contributed by atoms with Crippen molar-refractivity contribution in [2.75, 3.05) is 6.61 Å². The number of aldehydes is 1. The number of fused-ring (bicyclic) bond motifs is 1. The maximum atomic E-state index is 12.8. The number of carbonyl (C=O) groups excluding carboxylic acids is 2. The lowest BCUT2D eigenvalue weighted by molar-refractivity contribution is -0.140. The second-order valence-corrected chi connectivity index (χ2v) is 4.32. The van der Waals surface area contributed by atoms with E-state index < -0.39 is 18.7 Å². The number of benzene rings is 1. The van der Waals surface area contributed by atoms with Crippen LogP contribution in [0.3, 0.4) is 0 Å². The Hall–Kier alpha value is -2.31. The molecule has 0 radical (unpaired) electrons. The lowest BCUT2D eigenvalue weighted by Crippen LogP contribution is -2.22. The van der Waals surface area contributed by atoms with Crippen molar-refractivity contribution in [2.24, 2.45) is 0 Å². The summed E-state index contributed by atoms with van der Waals surface area (Å²) in [4.78, 5) is 23.2. The summed E-state index contributed by atoms with van der Waals surface area (Å²) in [6, 6.07) is 6.05. The van der Waals surface area contributed by atoms with Gasteiger partial charge in [0.25, 0.3) is 0 Å². The van der Waals surface area contributed by atoms with E-state index in [0.29, 0.717) is 11.7 Å². The highest BCUT2D eigenvalue weighted by atomic mass is 19.4. The molecule has 0 saturated heterocycles. The minimum atomic E-state index is -4.52. The maximum absolute atomic E-state index is 12.8. The van der Waals surface area contributed by atoms with Gasteiger partial charge in [-0.1, -0.05) is 18.2 Å². The Morgan fingerprint density at radius 1 is 1.33 bits per heavy atom. The van der Waals surface area contributed by atoms with Crippen molar-refractivity contribution in [3.05, 3.63) is 35.5 Å². The minimum Gasteiger partial charge on any atom is -0.461 e. The largest absolute Gasteiger partial charge is 0.461 e. The van der Waals surface area contributed by atoms with E-state index in [1.807, 2.05) is 0 Å². The van der Waals surface area contributed by atoms with E-state index in [1.54, 1.807) is 12.1 Å². The van der Waals surface area contributed by atoms with Gasteiger partial charge in [0.1, 0.15) is 12.2 Å². The number of aromatic nitrogens is 1. The van der Waals surface area contributed by atoms with Gasteiger partial charge in [-0.3, -0.25) is 4.79 Å². The highest BCUT2D eigenvalue weighted by Gasteiger charge is 2.33. The second-order valence-electron chi connectivity index (χ2n) is 4.32.